The molecule has 0 radical (unpaired) electrons. The van der Waals surface area contributed by atoms with Gasteiger partial charge in [-0.3, -0.25) is 0 Å². The Morgan fingerprint density at radius 3 is 2.78 bits per heavy atom. The average Bonchev–Trinajstić information content (AvgIpc) is 2.32. The Morgan fingerprint density at radius 1 is 1.33 bits per heavy atom. The summed E-state index contributed by atoms with van der Waals surface area (Å²) in [4.78, 5) is 0. The summed E-state index contributed by atoms with van der Waals surface area (Å²) in [6, 6.07) is 6.00. The molecule has 1 aromatic carbocycles. The number of benzene rings is 1. The molecule has 0 saturated heterocycles. The zero-order chi connectivity index (χ0) is 13.4. The van der Waals surface area contributed by atoms with E-state index in [9.17, 15) is 0 Å². The molecule has 0 bridgehead atoms. The predicted molar refractivity (Wildman–Crippen MR) is 81.1 cm³/mol. The normalized spacial score (nSPS) is 11.2. The van der Waals surface area contributed by atoms with E-state index in [1.807, 2.05) is 12.1 Å². The van der Waals surface area contributed by atoms with Gasteiger partial charge in [0.15, 0.2) is 0 Å². The highest BCUT2D eigenvalue weighted by atomic mass is 79.9. The SMILES string of the molecule is CC(C)CCOCCNCc1ccc(Br)c(Cl)c1. The lowest BCUT2D eigenvalue weighted by Crippen LogP contribution is -2.19. The predicted octanol–water partition coefficient (Wildman–Crippen LogP) is 4.25. The van der Waals surface area contributed by atoms with Gasteiger partial charge in [-0.05, 0) is 46.0 Å². The maximum atomic E-state index is 6.03. The minimum Gasteiger partial charge on any atom is -0.380 e. The Kier molecular flexibility index (Phi) is 7.91. The van der Waals surface area contributed by atoms with Crippen molar-refractivity contribution in [2.45, 2.75) is 26.8 Å². The van der Waals surface area contributed by atoms with E-state index in [4.69, 9.17) is 16.3 Å². The van der Waals surface area contributed by atoms with Crippen molar-refractivity contribution in [2.75, 3.05) is 19.8 Å². The van der Waals surface area contributed by atoms with Crippen LogP contribution >= 0.6 is 27.5 Å². The second-order valence-corrected chi connectivity index (χ2v) is 5.98. The summed E-state index contributed by atoms with van der Waals surface area (Å²) >= 11 is 9.40. The standard InChI is InChI=1S/C14H21BrClNO/c1-11(2)5-7-18-8-6-17-10-12-3-4-13(15)14(16)9-12/h3-4,9,11,17H,5-8,10H2,1-2H3. The van der Waals surface area contributed by atoms with E-state index in [1.54, 1.807) is 0 Å². The first-order chi connectivity index (χ1) is 8.59. The third kappa shape index (κ3) is 6.74. The van der Waals surface area contributed by atoms with Crippen molar-refractivity contribution in [3.63, 3.8) is 0 Å². The van der Waals surface area contributed by atoms with Gasteiger partial charge in [0.05, 0.1) is 11.6 Å². The van der Waals surface area contributed by atoms with Gasteiger partial charge in [0, 0.05) is 24.2 Å². The number of ether oxygens (including phenoxy) is 1. The summed E-state index contributed by atoms with van der Waals surface area (Å²) in [6.07, 6.45) is 1.13. The van der Waals surface area contributed by atoms with Gasteiger partial charge >= 0.3 is 0 Å². The van der Waals surface area contributed by atoms with Crippen LogP contribution in [0.4, 0.5) is 0 Å². The molecule has 0 unspecified atom stereocenters. The minimum absolute atomic E-state index is 0.711. The first-order valence-corrected chi connectivity index (χ1v) is 7.49. The van der Waals surface area contributed by atoms with Gasteiger partial charge in [-0.2, -0.15) is 0 Å². The van der Waals surface area contributed by atoms with Crippen molar-refractivity contribution in [3.8, 4) is 0 Å². The second-order valence-electron chi connectivity index (χ2n) is 4.72. The fraction of sp³-hybridized carbons (Fsp3) is 0.571. The Balaban J connectivity index is 2.09. The zero-order valence-corrected chi connectivity index (χ0v) is 13.4. The summed E-state index contributed by atoms with van der Waals surface area (Å²) < 4.78 is 6.46. The van der Waals surface area contributed by atoms with E-state index in [-0.39, 0.29) is 0 Å². The molecule has 0 atom stereocenters. The number of halogens is 2. The Labute approximate surface area is 123 Å². The smallest absolute Gasteiger partial charge is 0.0591 e. The second kappa shape index (κ2) is 8.92. The molecule has 0 fully saturated rings. The largest absolute Gasteiger partial charge is 0.380 e. The molecule has 0 aliphatic heterocycles. The van der Waals surface area contributed by atoms with Crippen LogP contribution in [-0.2, 0) is 11.3 Å². The van der Waals surface area contributed by atoms with Gasteiger partial charge in [-0.1, -0.05) is 31.5 Å². The number of hydrogen-bond acceptors (Lipinski definition) is 2. The van der Waals surface area contributed by atoms with Crippen LogP contribution in [0.15, 0.2) is 22.7 Å². The van der Waals surface area contributed by atoms with Crippen LogP contribution in [0.25, 0.3) is 0 Å². The highest BCUT2D eigenvalue weighted by Gasteiger charge is 1.99. The third-order valence-corrected chi connectivity index (χ3v) is 3.81. The molecule has 0 spiro atoms. The molecule has 0 amide bonds. The van der Waals surface area contributed by atoms with Crippen LogP contribution in [0.1, 0.15) is 25.8 Å². The topological polar surface area (TPSA) is 21.3 Å². The van der Waals surface area contributed by atoms with Crippen LogP contribution < -0.4 is 5.32 Å². The fourth-order valence-corrected chi connectivity index (χ4v) is 1.90. The van der Waals surface area contributed by atoms with Crippen molar-refractivity contribution in [2.24, 2.45) is 5.92 Å². The van der Waals surface area contributed by atoms with E-state index in [0.29, 0.717) is 5.92 Å². The van der Waals surface area contributed by atoms with Gasteiger partial charge < -0.3 is 10.1 Å². The molecule has 2 nitrogen and oxygen atoms in total. The quantitative estimate of drug-likeness (QED) is 0.717. The molecular formula is C14H21BrClNO. The fourth-order valence-electron chi connectivity index (χ4n) is 1.45. The lowest BCUT2D eigenvalue weighted by Gasteiger charge is -2.08. The maximum Gasteiger partial charge on any atom is 0.0591 e. The van der Waals surface area contributed by atoms with E-state index in [2.05, 4.69) is 41.2 Å². The van der Waals surface area contributed by atoms with Crippen LogP contribution in [0.5, 0.6) is 0 Å². The van der Waals surface area contributed by atoms with Gasteiger partial charge in [0.1, 0.15) is 0 Å². The summed E-state index contributed by atoms with van der Waals surface area (Å²) in [6.45, 7) is 7.71. The highest BCUT2D eigenvalue weighted by Crippen LogP contribution is 2.22. The summed E-state index contributed by atoms with van der Waals surface area (Å²) in [5, 5.41) is 4.09. The summed E-state index contributed by atoms with van der Waals surface area (Å²) in [5.41, 5.74) is 1.19. The Hall–Kier alpha value is -0.0900. The molecule has 1 rings (SSSR count). The first-order valence-electron chi connectivity index (χ1n) is 6.32. The number of nitrogens with one attached hydrogen (secondary N) is 1. The first kappa shape index (κ1) is 16.0. The van der Waals surface area contributed by atoms with Crippen LogP contribution in [0, 0.1) is 5.92 Å². The Bertz CT molecular complexity index is 358. The molecule has 0 heterocycles. The number of rotatable bonds is 8. The van der Waals surface area contributed by atoms with Crippen molar-refractivity contribution >= 4 is 27.5 Å². The lowest BCUT2D eigenvalue weighted by atomic mass is 10.1. The molecule has 0 aliphatic rings. The van der Waals surface area contributed by atoms with Crippen LogP contribution in [0.3, 0.4) is 0 Å². The van der Waals surface area contributed by atoms with Gasteiger partial charge in [0.2, 0.25) is 0 Å². The third-order valence-electron chi connectivity index (χ3n) is 2.58. The van der Waals surface area contributed by atoms with Crippen molar-refractivity contribution in [1.82, 2.24) is 5.32 Å². The average molecular weight is 335 g/mol. The lowest BCUT2D eigenvalue weighted by molar-refractivity contribution is 0.125. The molecule has 0 aliphatic carbocycles. The minimum atomic E-state index is 0.711. The Morgan fingerprint density at radius 2 is 2.11 bits per heavy atom. The number of hydrogen-bond donors (Lipinski definition) is 1. The van der Waals surface area contributed by atoms with Gasteiger partial charge in [0.25, 0.3) is 0 Å². The van der Waals surface area contributed by atoms with E-state index >= 15 is 0 Å². The van der Waals surface area contributed by atoms with Crippen molar-refractivity contribution in [3.05, 3.63) is 33.3 Å². The molecule has 18 heavy (non-hydrogen) atoms. The monoisotopic (exact) mass is 333 g/mol. The maximum absolute atomic E-state index is 6.03. The molecule has 1 aromatic rings. The van der Waals surface area contributed by atoms with E-state index in [0.717, 1.165) is 42.2 Å². The van der Waals surface area contributed by atoms with Crippen LogP contribution in [0.2, 0.25) is 5.02 Å². The van der Waals surface area contributed by atoms with Gasteiger partial charge in [-0.25, -0.2) is 0 Å². The molecule has 0 aromatic heterocycles. The summed E-state index contributed by atoms with van der Waals surface area (Å²) in [5.74, 6) is 0.711. The van der Waals surface area contributed by atoms with E-state index in [1.165, 1.54) is 5.56 Å². The molecular weight excluding hydrogens is 314 g/mol. The molecule has 4 heteroatoms. The summed E-state index contributed by atoms with van der Waals surface area (Å²) in [7, 11) is 0. The highest BCUT2D eigenvalue weighted by molar-refractivity contribution is 9.10. The van der Waals surface area contributed by atoms with E-state index < -0.39 is 0 Å². The van der Waals surface area contributed by atoms with Crippen molar-refractivity contribution < 1.29 is 4.74 Å². The molecule has 102 valence electrons. The van der Waals surface area contributed by atoms with Crippen LogP contribution in [-0.4, -0.2) is 19.8 Å². The van der Waals surface area contributed by atoms with Gasteiger partial charge in [-0.15, -0.1) is 0 Å². The molecule has 0 saturated carbocycles. The van der Waals surface area contributed by atoms with Crippen molar-refractivity contribution in [1.29, 1.82) is 0 Å². The molecule has 1 N–H and O–H groups in total. The zero-order valence-electron chi connectivity index (χ0n) is 11.0.